The maximum atomic E-state index is 12.3. The van der Waals surface area contributed by atoms with Crippen LogP contribution in [0.1, 0.15) is 73.1 Å². The van der Waals surface area contributed by atoms with Gasteiger partial charge in [-0.1, -0.05) is 41.0 Å². The van der Waals surface area contributed by atoms with Crippen molar-refractivity contribution in [2.75, 3.05) is 13.1 Å². The van der Waals surface area contributed by atoms with Crippen molar-refractivity contribution < 1.29 is 4.79 Å². The van der Waals surface area contributed by atoms with E-state index in [9.17, 15) is 4.79 Å². The summed E-state index contributed by atoms with van der Waals surface area (Å²) in [6, 6.07) is 1.29. The van der Waals surface area contributed by atoms with Crippen molar-refractivity contribution >= 4 is 5.91 Å². The third-order valence-corrected chi connectivity index (χ3v) is 5.10. The van der Waals surface area contributed by atoms with E-state index < -0.39 is 0 Å². The Kier molecular flexibility index (Phi) is 5.02. The average Bonchev–Trinajstić information content (AvgIpc) is 2.36. The minimum atomic E-state index is -0.242. The minimum absolute atomic E-state index is 0.242. The fourth-order valence-electron chi connectivity index (χ4n) is 3.90. The monoisotopic (exact) mass is 294 g/mol. The first-order chi connectivity index (χ1) is 9.67. The molecule has 1 aliphatic carbocycles. The Bertz CT molecular complexity index is 362. The Morgan fingerprint density at radius 2 is 1.71 bits per heavy atom. The molecule has 0 bridgehead atoms. The Hall–Kier alpha value is -0.570. The lowest BCUT2D eigenvalue weighted by Crippen LogP contribution is -2.51. The minimum Gasteiger partial charge on any atom is -0.342 e. The van der Waals surface area contributed by atoms with E-state index in [-0.39, 0.29) is 5.41 Å². The third-order valence-electron chi connectivity index (χ3n) is 5.10. The molecular formula is C18H34N2O. The first-order valence-electron chi connectivity index (χ1n) is 8.73. The van der Waals surface area contributed by atoms with Gasteiger partial charge in [-0.25, -0.2) is 0 Å². The molecule has 0 aromatic carbocycles. The summed E-state index contributed by atoms with van der Waals surface area (Å²) >= 11 is 0. The molecule has 2 rings (SSSR count). The molecule has 0 aromatic heterocycles. The van der Waals surface area contributed by atoms with Crippen LogP contribution in [0.3, 0.4) is 0 Å². The molecule has 0 radical (unpaired) electrons. The van der Waals surface area contributed by atoms with Gasteiger partial charge < -0.3 is 10.2 Å². The van der Waals surface area contributed by atoms with Crippen LogP contribution in [0.15, 0.2) is 0 Å². The predicted octanol–water partition coefficient (Wildman–Crippen LogP) is 3.58. The van der Waals surface area contributed by atoms with Gasteiger partial charge in [0, 0.05) is 30.6 Å². The van der Waals surface area contributed by atoms with Gasteiger partial charge in [0.25, 0.3) is 0 Å². The quantitative estimate of drug-likeness (QED) is 0.844. The zero-order chi connectivity index (χ0) is 15.7. The van der Waals surface area contributed by atoms with Crippen molar-refractivity contribution in [3.63, 3.8) is 0 Å². The van der Waals surface area contributed by atoms with E-state index in [2.05, 4.69) is 24.1 Å². The number of nitrogens with zero attached hydrogens (tertiary/aromatic N) is 1. The first kappa shape index (κ1) is 16.8. The van der Waals surface area contributed by atoms with Gasteiger partial charge in [-0.2, -0.15) is 0 Å². The van der Waals surface area contributed by atoms with Crippen LogP contribution in [-0.4, -0.2) is 36.0 Å². The second-order valence-corrected chi connectivity index (χ2v) is 8.94. The lowest BCUT2D eigenvalue weighted by Gasteiger charge is -2.40. The summed E-state index contributed by atoms with van der Waals surface area (Å²) in [5.74, 6) is 0.305. The summed E-state index contributed by atoms with van der Waals surface area (Å²) in [6.07, 6.45) is 7.56. The van der Waals surface area contributed by atoms with Crippen LogP contribution in [0.4, 0.5) is 0 Å². The fraction of sp³-hybridized carbons (Fsp3) is 0.944. The van der Waals surface area contributed by atoms with Gasteiger partial charge in [0.05, 0.1) is 0 Å². The summed E-state index contributed by atoms with van der Waals surface area (Å²) in [7, 11) is 0. The number of hydrogen-bond acceptors (Lipinski definition) is 2. The van der Waals surface area contributed by atoms with Crippen LogP contribution in [0, 0.1) is 10.8 Å². The molecule has 1 amide bonds. The first-order valence-corrected chi connectivity index (χ1v) is 8.73. The van der Waals surface area contributed by atoms with Crippen LogP contribution >= 0.6 is 0 Å². The summed E-state index contributed by atoms with van der Waals surface area (Å²) in [5, 5.41) is 3.87. The van der Waals surface area contributed by atoms with E-state index >= 15 is 0 Å². The van der Waals surface area contributed by atoms with E-state index in [1.165, 1.54) is 25.7 Å². The molecule has 21 heavy (non-hydrogen) atoms. The fourth-order valence-corrected chi connectivity index (χ4v) is 3.90. The number of rotatable bonds is 2. The summed E-state index contributed by atoms with van der Waals surface area (Å²) in [6.45, 7) is 12.7. The molecule has 1 N–H and O–H groups in total. The largest absolute Gasteiger partial charge is 0.342 e. The van der Waals surface area contributed by atoms with Gasteiger partial charge in [-0.3, -0.25) is 4.79 Å². The van der Waals surface area contributed by atoms with E-state index in [1.54, 1.807) is 0 Å². The van der Waals surface area contributed by atoms with E-state index in [1.807, 2.05) is 20.8 Å². The normalized spacial score (nSPS) is 27.7. The van der Waals surface area contributed by atoms with E-state index in [0.29, 0.717) is 23.4 Å². The number of carbonyl (C=O) groups excluding carboxylic acids is 1. The van der Waals surface area contributed by atoms with Crippen LogP contribution in [-0.2, 0) is 4.79 Å². The highest BCUT2D eigenvalue weighted by atomic mass is 16.2. The van der Waals surface area contributed by atoms with Crippen molar-refractivity contribution in [3.05, 3.63) is 0 Å². The van der Waals surface area contributed by atoms with Gasteiger partial charge in [0.1, 0.15) is 0 Å². The number of nitrogens with one attached hydrogen (secondary N) is 1. The lowest BCUT2D eigenvalue weighted by molar-refractivity contribution is -0.140. The maximum Gasteiger partial charge on any atom is 0.227 e. The van der Waals surface area contributed by atoms with Gasteiger partial charge in [-0.05, 0) is 37.5 Å². The highest BCUT2D eigenvalue weighted by Crippen LogP contribution is 2.35. The summed E-state index contributed by atoms with van der Waals surface area (Å²) in [4.78, 5) is 14.4. The lowest BCUT2D eigenvalue weighted by atomic mass is 9.75. The molecule has 2 fully saturated rings. The van der Waals surface area contributed by atoms with Gasteiger partial charge in [0.2, 0.25) is 5.91 Å². The third kappa shape index (κ3) is 4.70. The topological polar surface area (TPSA) is 32.3 Å². The average molecular weight is 294 g/mol. The molecule has 1 aliphatic heterocycles. The molecule has 3 nitrogen and oxygen atoms in total. The van der Waals surface area contributed by atoms with Gasteiger partial charge in [-0.15, -0.1) is 0 Å². The molecule has 1 saturated heterocycles. The van der Waals surface area contributed by atoms with Crippen molar-refractivity contribution in [1.29, 1.82) is 0 Å². The van der Waals surface area contributed by atoms with Crippen molar-refractivity contribution in [2.24, 2.45) is 10.8 Å². The Labute approximate surface area is 130 Å². The van der Waals surface area contributed by atoms with Crippen LogP contribution in [0.5, 0.6) is 0 Å². The highest BCUT2D eigenvalue weighted by molar-refractivity contribution is 5.81. The summed E-state index contributed by atoms with van der Waals surface area (Å²) in [5.41, 5.74) is 0.256. The molecule has 1 unspecified atom stereocenters. The zero-order valence-electron chi connectivity index (χ0n) is 14.7. The van der Waals surface area contributed by atoms with Crippen molar-refractivity contribution in [2.45, 2.75) is 85.2 Å². The number of piperidine rings is 1. The van der Waals surface area contributed by atoms with Crippen molar-refractivity contribution in [3.8, 4) is 0 Å². The molecule has 0 spiro atoms. The van der Waals surface area contributed by atoms with Crippen LogP contribution < -0.4 is 5.32 Å². The standard InChI is InChI=1S/C18H34N2O/c1-17(2,3)16(21)20-11-8-14(9-12-20)19-15-7-6-10-18(4,5)13-15/h14-15,19H,6-13H2,1-5H3. The zero-order valence-corrected chi connectivity index (χ0v) is 14.7. The molecule has 1 saturated carbocycles. The Morgan fingerprint density at radius 3 is 2.24 bits per heavy atom. The van der Waals surface area contributed by atoms with Crippen LogP contribution in [0.25, 0.3) is 0 Å². The molecule has 3 heteroatoms. The second kappa shape index (κ2) is 6.28. The predicted molar refractivity (Wildman–Crippen MR) is 88.2 cm³/mol. The number of carbonyl (C=O) groups is 1. The highest BCUT2D eigenvalue weighted by Gasteiger charge is 2.32. The Morgan fingerprint density at radius 1 is 1.10 bits per heavy atom. The molecule has 1 heterocycles. The second-order valence-electron chi connectivity index (χ2n) is 8.94. The van der Waals surface area contributed by atoms with E-state index in [0.717, 1.165) is 25.9 Å². The molecular weight excluding hydrogens is 260 g/mol. The maximum absolute atomic E-state index is 12.3. The molecule has 122 valence electrons. The van der Waals surface area contributed by atoms with Gasteiger partial charge >= 0.3 is 0 Å². The number of hydrogen-bond donors (Lipinski definition) is 1. The molecule has 2 aliphatic rings. The SMILES string of the molecule is CC1(C)CCCC(NC2CCN(C(=O)C(C)(C)C)CC2)C1. The smallest absolute Gasteiger partial charge is 0.227 e. The molecule has 1 atom stereocenters. The Balaban J connectivity index is 1.78. The summed E-state index contributed by atoms with van der Waals surface area (Å²) < 4.78 is 0. The van der Waals surface area contributed by atoms with Crippen LogP contribution in [0.2, 0.25) is 0 Å². The number of likely N-dealkylation sites (tertiary alicyclic amines) is 1. The number of amides is 1. The molecule has 0 aromatic rings. The van der Waals surface area contributed by atoms with Crippen molar-refractivity contribution in [1.82, 2.24) is 10.2 Å². The van der Waals surface area contributed by atoms with E-state index in [4.69, 9.17) is 0 Å². The van der Waals surface area contributed by atoms with Gasteiger partial charge in [0.15, 0.2) is 0 Å².